The molecule has 0 aliphatic carbocycles. The van der Waals surface area contributed by atoms with Crippen LogP contribution in [-0.2, 0) is 23.0 Å². The first-order valence-corrected chi connectivity index (χ1v) is 13.9. The summed E-state index contributed by atoms with van der Waals surface area (Å²) in [4.78, 5) is 29.4. The molecule has 0 radical (unpaired) electrons. The second-order valence-corrected chi connectivity index (χ2v) is 11.3. The number of piperidine rings is 1. The van der Waals surface area contributed by atoms with Gasteiger partial charge in [0.05, 0.1) is 22.1 Å². The molecule has 0 spiro atoms. The van der Waals surface area contributed by atoms with Crippen LogP contribution in [0.3, 0.4) is 0 Å². The highest BCUT2D eigenvalue weighted by molar-refractivity contribution is 7.89. The number of nitrogens with one attached hydrogen (secondary N) is 1. The maximum Gasteiger partial charge on any atom is 0.274 e. The average molecular weight is 533 g/mol. The molecule has 2 N–H and O–H groups in total. The van der Waals surface area contributed by atoms with E-state index in [0.29, 0.717) is 41.9 Å². The van der Waals surface area contributed by atoms with Gasteiger partial charge in [0.15, 0.2) is 0 Å². The number of amides is 1. The van der Waals surface area contributed by atoms with E-state index in [1.165, 1.54) is 23.0 Å². The summed E-state index contributed by atoms with van der Waals surface area (Å²) in [6.07, 6.45) is 4.92. The fourth-order valence-electron chi connectivity index (χ4n) is 4.75. The van der Waals surface area contributed by atoms with Gasteiger partial charge in [0.2, 0.25) is 10.0 Å². The summed E-state index contributed by atoms with van der Waals surface area (Å²) in [7, 11) is -3.48. The molecule has 5 rings (SSSR count). The molecule has 0 bridgehead atoms. The number of fused-ring (bicyclic) bond motifs is 1. The van der Waals surface area contributed by atoms with Gasteiger partial charge < -0.3 is 0 Å². The van der Waals surface area contributed by atoms with Gasteiger partial charge in [-0.15, -0.1) is 0 Å². The molecule has 38 heavy (non-hydrogen) atoms. The van der Waals surface area contributed by atoms with E-state index >= 15 is 0 Å². The molecule has 1 aliphatic heterocycles. The molecule has 1 aliphatic rings. The number of aromatic nitrogens is 2. The summed E-state index contributed by atoms with van der Waals surface area (Å²) in [5.41, 5.74) is 4.79. The Kier molecular flexibility index (Phi) is 7.37. The molecule has 4 aromatic rings. The monoisotopic (exact) mass is 532 g/mol. The third-order valence-electron chi connectivity index (χ3n) is 6.90. The molecule has 2 heterocycles. The first kappa shape index (κ1) is 25.8. The van der Waals surface area contributed by atoms with Crippen molar-refractivity contribution in [1.82, 2.24) is 19.3 Å². The van der Waals surface area contributed by atoms with E-state index in [9.17, 15) is 18.0 Å². The minimum atomic E-state index is -3.48. The standard InChI is InChI=1S/C28H28N4O5S/c33-27(30-35)23-9-12-26-25(18-23)28(34)31(19-29-26)16-13-20-5-4-6-22(17-20)21-7-10-24(11-8-21)38(36,37)32-14-2-1-3-15-32/h4-12,17-19,35H,1-3,13-16H2,(H,30,33). The number of sulfonamides is 1. The van der Waals surface area contributed by atoms with E-state index in [4.69, 9.17) is 5.21 Å². The summed E-state index contributed by atoms with van der Waals surface area (Å²) in [6.45, 7) is 1.52. The molecule has 196 valence electrons. The normalized spacial score (nSPS) is 14.4. The Bertz CT molecular complexity index is 1640. The van der Waals surface area contributed by atoms with Crippen molar-refractivity contribution in [3.63, 3.8) is 0 Å². The molecule has 0 saturated carbocycles. The minimum Gasteiger partial charge on any atom is -0.298 e. The number of benzene rings is 3. The van der Waals surface area contributed by atoms with Crippen molar-refractivity contribution in [2.75, 3.05) is 13.1 Å². The molecule has 0 unspecified atom stereocenters. The summed E-state index contributed by atoms with van der Waals surface area (Å²) in [5.74, 6) is -0.698. The number of nitrogens with zero attached hydrogens (tertiary/aromatic N) is 3. The van der Waals surface area contributed by atoms with Gasteiger partial charge in [0.25, 0.3) is 11.5 Å². The molecule has 3 aromatic carbocycles. The van der Waals surface area contributed by atoms with Crippen LogP contribution in [0, 0.1) is 0 Å². The summed E-state index contributed by atoms with van der Waals surface area (Å²) < 4.78 is 29.0. The lowest BCUT2D eigenvalue weighted by Crippen LogP contribution is -2.35. The van der Waals surface area contributed by atoms with Gasteiger partial charge in [0, 0.05) is 25.2 Å². The summed E-state index contributed by atoms with van der Waals surface area (Å²) in [5, 5.41) is 9.17. The van der Waals surface area contributed by atoms with Crippen LogP contribution in [0.1, 0.15) is 35.2 Å². The van der Waals surface area contributed by atoms with Gasteiger partial charge in [-0.1, -0.05) is 42.8 Å². The third kappa shape index (κ3) is 5.24. The first-order valence-electron chi connectivity index (χ1n) is 12.5. The predicted molar refractivity (Wildman–Crippen MR) is 143 cm³/mol. The summed E-state index contributed by atoms with van der Waals surface area (Å²) in [6, 6.07) is 19.4. The van der Waals surface area contributed by atoms with Crippen molar-refractivity contribution < 1.29 is 18.4 Å². The Labute approximate surface area is 220 Å². The lowest BCUT2D eigenvalue weighted by atomic mass is 10.0. The zero-order valence-corrected chi connectivity index (χ0v) is 21.5. The topological polar surface area (TPSA) is 122 Å². The average Bonchev–Trinajstić information content (AvgIpc) is 2.97. The molecule has 10 heteroatoms. The van der Waals surface area contributed by atoms with Gasteiger partial charge in [0.1, 0.15) is 0 Å². The first-order chi connectivity index (χ1) is 18.4. The van der Waals surface area contributed by atoms with Crippen LogP contribution < -0.4 is 11.0 Å². The molecule has 9 nitrogen and oxygen atoms in total. The van der Waals surface area contributed by atoms with Crippen LogP contribution in [0.4, 0.5) is 0 Å². The van der Waals surface area contributed by atoms with Crippen LogP contribution in [0.2, 0.25) is 0 Å². The Hall–Kier alpha value is -3.86. The van der Waals surface area contributed by atoms with E-state index in [-0.39, 0.29) is 11.1 Å². The zero-order chi connectivity index (χ0) is 26.7. The van der Waals surface area contributed by atoms with Gasteiger partial charge in [-0.3, -0.25) is 19.4 Å². The number of carbonyl (C=O) groups excluding carboxylic acids is 1. The fraction of sp³-hybridized carbons (Fsp3) is 0.250. The lowest BCUT2D eigenvalue weighted by Gasteiger charge is -2.25. The number of hydroxylamine groups is 1. The van der Waals surface area contributed by atoms with E-state index in [1.807, 2.05) is 36.4 Å². The second-order valence-electron chi connectivity index (χ2n) is 9.36. The molecule has 1 fully saturated rings. The fourth-order valence-corrected chi connectivity index (χ4v) is 6.27. The quantitative estimate of drug-likeness (QED) is 0.277. The summed E-state index contributed by atoms with van der Waals surface area (Å²) >= 11 is 0. The highest BCUT2D eigenvalue weighted by Crippen LogP contribution is 2.25. The lowest BCUT2D eigenvalue weighted by molar-refractivity contribution is 0.0706. The highest BCUT2D eigenvalue weighted by Gasteiger charge is 2.25. The van der Waals surface area contributed by atoms with E-state index < -0.39 is 15.9 Å². The molecule has 1 amide bonds. The van der Waals surface area contributed by atoms with Crippen molar-refractivity contribution in [2.45, 2.75) is 37.1 Å². The Morgan fingerprint density at radius 1 is 0.947 bits per heavy atom. The number of rotatable bonds is 7. The Morgan fingerprint density at radius 3 is 2.45 bits per heavy atom. The molecule has 0 atom stereocenters. The van der Waals surface area contributed by atoms with Crippen LogP contribution in [-0.4, -0.2) is 46.5 Å². The number of hydrogen-bond donors (Lipinski definition) is 2. The van der Waals surface area contributed by atoms with Gasteiger partial charge in [-0.05, 0) is 66.3 Å². The van der Waals surface area contributed by atoms with Crippen molar-refractivity contribution in [2.24, 2.45) is 0 Å². The maximum atomic E-state index is 13.0. The van der Waals surface area contributed by atoms with Crippen LogP contribution in [0.15, 0.2) is 82.7 Å². The maximum absolute atomic E-state index is 13.0. The van der Waals surface area contributed by atoms with Crippen LogP contribution in [0.25, 0.3) is 22.0 Å². The van der Waals surface area contributed by atoms with Crippen molar-refractivity contribution >= 4 is 26.8 Å². The predicted octanol–water partition coefficient (Wildman–Crippen LogP) is 3.60. The Balaban J connectivity index is 1.32. The van der Waals surface area contributed by atoms with Gasteiger partial charge >= 0.3 is 0 Å². The number of carbonyl (C=O) groups is 1. The molecule has 1 aromatic heterocycles. The molecule has 1 saturated heterocycles. The number of aryl methyl sites for hydroxylation is 2. The van der Waals surface area contributed by atoms with Crippen LogP contribution >= 0.6 is 0 Å². The third-order valence-corrected chi connectivity index (χ3v) is 8.81. The largest absolute Gasteiger partial charge is 0.298 e. The van der Waals surface area contributed by atoms with Crippen molar-refractivity contribution in [3.05, 3.63) is 94.5 Å². The smallest absolute Gasteiger partial charge is 0.274 e. The van der Waals surface area contributed by atoms with E-state index in [2.05, 4.69) is 4.98 Å². The Morgan fingerprint density at radius 2 is 1.71 bits per heavy atom. The van der Waals surface area contributed by atoms with Gasteiger partial charge in [-0.25, -0.2) is 18.9 Å². The highest BCUT2D eigenvalue weighted by atomic mass is 32.2. The van der Waals surface area contributed by atoms with E-state index in [1.54, 1.807) is 28.0 Å². The van der Waals surface area contributed by atoms with E-state index in [0.717, 1.165) is 36.0 Å². The van der Waals surface area contributed by atoms with Crippen LogP contribution in [0.5, 0.6) is 0 Å². The minimum absolute atomic E-state index is 0.166. The second kappa shape index (κ2) is 10.9. The van der Waals surface area contributed by atoms with Gasteiger partial charge in [-0.2, -0.15) is 4.31 Å². The molecular formula is C28H28N4O5S. The van der Waals surface area contributed by atoms with Crippen molar-refractivity contribution in [3.8, 4) is 11.1 Å². The zero-order valence-electron chi connectivity index (χ0n) is 20.7. The van der Waals surface area contributed by atoms with Crippen molar-refractivity contribution in [1.29, 1.82) is 0 Å². The SMILES string of the molecule is O=C(NO)c1ccc2ncn(CCc3cccc(-c4ccc(S(=O)(=O)N5CCCCC5)cc4)c3)c(=O)c2c1. The number of hydrogen-bond acceptors (Lipinski definition) is 6. The molecular weight excluding hydrogens is 504 g/mol.